The maximum Gasteiger partial charge on any atom is 0.0648 e. The van der Waals surface area contributed by atoms with Crippen molar-refractivity contribution in [3.63, 3.8) is 0 Å². The summed E-state index contributed by atoms with van der Waals surface area (Å²) >= 11 is 2.27. The smallest absolute Gasteiger partial charge is 0.0648 e. The van der Waals surface area contributed by atoms with Gasteiger partial charge in [0.05, 0.1) is 15.5 Å². The van der Waals surface area contributed by atoms with E-state index in [0.717, 1.165) is 22.3 Å². The Balaban J connectivity index is 2.14. The highest BCUT2D eigenvalue weighted by Crippen LogP contribution is 2.15. The molecule has 0 bridgehead atoms. The quantitative estimate of drug-likeness (QED) is 0.659. The van der Waals surface area contributed by atoms with Crippen LogP contribution in [-0.4, -0.2) is 16.3 Å². The molecular weight excluding hydrogens is 337 g/mol. The second-order valence-electron chi connectivity index (χ2n) is 4.39. The van der Waals surface area contributed by atoms with Gasteiger partial charge in [-0.25, -0.2) is 4.68 Å². The van der Waals surface area contributed by atoms with Crippen molar-refractivity contribution in [3.8, 4) is 5.69 Å². The van der Waals surface area contributed by atoms with Crippen LogP contribution in [0.4, 0.5) is 0 Å². The molecule has 0 radical (unpaired) electrons. The van der Waals surface area contributed by atoms with Gasteiger partial charge in [0.2, 0.25) is 0 Å². The highest BCUT2D eigenvalue weighted by Gasteiger charge is 2.03. The number of nitrogens with one attached hydrogen (secondary N) is 1. The van der Waals surface area contributed by atoms with Crippen LogP contribution in [0.1, 0.15) is 24.5 Å². The van der Waals surface area contributed by atoms with Gasteiger partial charge in [-0.3, -0.25) is 0 Å². The van der Waals surface area contributed by atoms with Crippen molar-refractivity contribution in [2.24, 2.45) is 0 Å². The SMILES string of the molecule is CCCNCc1ccc(-n2cc(I)cn2)cc1C. The van der Waals surface area contributed by atoms with Crippen molar-refractivity contribution < 1.29 is 0 Å². The molecule has 1 N–H and O–H groups in total. The van der Waals surface area contributed by atoms with Crippen LogP contribution in [0.2, 0.25) is 0 Å². The Labute approximate surface area is 122 Å². The van der Waals surface area contributed by atoms with Crippen LogP contribution >= 0.6 is 22.6 Å². The van der Waals surface area contributed by atoms with Gasteiger partial charge in [0.1, 0.15) is 0 Å². The molecule has 1 aromatic carbocycles. The maximum absolute atomic E-state index is 4.33. The van der Waals surface area contributed by atoms with E-state index in [1.165, 1.54) is 17.5 Å². The van der Waals surface area contributed by atoms with Gasteiger partial charge in [0, 0.05) is 12.7 Å². The number of rotatable bonds is 5. The Kier molecular flexibility index (Phi) is 4.77. The molecule has 96 valence electrons. The third-order valence-electron chi connectivity index (χ3n) is 2.88. The van der Waals surface area contributed by atoms with Crippen molar-refractivity contribution in [1.29, 1.82) is 0 Å². The van der Waals surface area contributed by atoms with Crippen LogP contribution in [0.25, 0.3) is 5.69 Å². The molecule has 2 aromatic rings. The molecule has 3 nitrogen and oxygen atoms in total. The summed E-state index contributed by atoms with van der Waals surface area (Å²) in [5, 5.41) is 7.76. The van der Waals surface area contributed by atoms with E-state index in [0.29, 0.717) is 0 Å². The molecule has 0 amide bonds. The summed E-state index contributed by atoms with van der Waals surface area (Å²) in [7, 11) is 0. The molecular formula is C14H18IN3. The van der Waals surface area contributed by atoms with Crippen LogP contribution in [-0.2, 0) is 6.54 Å². The Bertz CT molecular complexity index is 520. The first-order valence-corrected chi connectivity index (χ1v) is 7.29. The third kappa shape index (κ3) is 3.32. The zero-order valence-electron chi connectivity index (χ0n) is 10.8. The van der Waals surface area contributed by atoms with Gasteiger partial charge in [0.15, 0.2) is 0 Å². The van der Waals surface area contributed by atoms with E-state index in [4.69, 9.17) is 0 Å². The number of benzene rings is 1. The summed E-state index contributed by atoms with van der Waals surface area (Å²) < 4.78 is 3.07. The zero-order chi connectivity index (χ0) is 13.0. The number of halogens is 1. The first kappa shape index (κ1) is 13.5. The van der Waals surface area contributed by atoms with Gasteiger partial charge in [0.25, 0.3) is 0 Å². The summed E-state index contributed by atoms with van der Waals surface area (Å²) in [5.74, 6) is 0. The fourth-order valence-corrected chi connectivity index (χ4v) is 2.25. The average Bonchev–Trinajstić information content (AvgIpc) is 2.78. The Hall–Kier alpha value is -0.880. The van der Waals surface area contributed by atoms with Gasteiger partial charge in [-0.1, -0.05) is 13.0 Å². The number of hydrogen-bond acceptors (Lipinski definition) is 2. The van der Waals surface area contributed by atoms with Crippen molar-refractivity contribution in [2.45, 2.75) is 26.8 Å². The van der Waals surface area contributed by atoms with E-state index in [-0.39, 0.29) is 0 Å². The van der Waals surface area contributed by atoms with Crippen molar-refractivity contribution in [1.82, 2.24) is 15.1 Å². The highest BCUT2D eigenvalue weighted by molar-refractivity contribution is 14.1. The van der Waals surface area contributed by atoms with Crippen LogP contribution in [0.15, 0.2) is 30.6 Å². The van der Waals surface area contributed by atoms with Gasteiger partial charge in [-0.2, -0.15) is 5.10 Å². The van der Waals surface area contributed by atoms with Crippen molar-refractivity contribution in [3.05, 3.63) is 45.3 Å². The topological polar surface area (TPSA) is 29.9 Å². The molecule has 2 rings (SSSR count). The first-order valence-electron chi connectivity index (χ1n) is 6.21. The fourth-order valence-electron chi connectivity index (χ4n) is 1.86. The van der Waals surface area contributed by atoms with E-state index in [2.05, 4.69) is 65.1 Å². The molecule has 0 aliphatic heterocycles. The molecule has 0 fully saturated rings. The van der Waals surface area contributed by atoms with E-state index >= 15 is 0 Å². The molecule has 1 aromatic heterocycles. The number of aromatic nitrogens is 2. The van der Waals surface area contributed by atoms with E-state index < -0.39 is 0 Å². The molecule has 0 spiro atoms. The van der Waals surface area contributed by atoms with Crippen molar-refractivity contribution in [2.75, 3.05) is 6.54 Å². The average molecular weight is 355 g/mol. The lowest BCUT2D eigenvalue weighted by atomic mass is 10.1. The van der Waals surface area contributed by atoms with Crippen LogP contribution in [0.3, 0.4) is 0 Å². The summed E-state index contributed by atoms with van der Waals surface area (Å²) in [6, 6.07) is 6.49. The van der Waals surface area contributed by atoms with E-state index in [1.807, 2.05) is 17.1 Å². The predicted octanol–water partition coefficient (Wildman–Crippen LogP) is 3.28. The standard InChI is InChI=1S/C14H18IN3/c1-3-6-16-8-12-4-5-14(7-11(12)2)18-10-13(15)9-17-18/h4-5,7,9-10,16H,3,6,8H2,1-2H3. The van der Waals surface area contributed by atoms with Crippen LogP contribution in [0.5, 0.6) is 0 Å². The highest BCUT2D eigenvalue weighted by atomic mass is 127. The molecule has 0 unspecified atom stereocenters. The Morgan fingerprint density at radius 3 is 2.83 bits per heavy atom. The van der Waals surface area contributed by atoms with Crippen LogP contribution in [0, 0.1) is 10.5 Å². The molecule has 18 heavy (non-hydrogen) atoms. The monoisotopic (exact) mass is 355 g/mol. The molecule has 1 heterocycles. The van der Waals surface area contributed by atoms with Gasteiger partial charge < -0.3 is 5.32 Å². The minimum Gasteiger partial charge on any atom is -0.313 e. The largest absolute Gasteiger partial charge is 0.313 e. The van der Waals surface area contributed by atoms with Crippen molar-refractivity contribution >= 4 is 22.6 Å². The summed E-state index contributed by atoms with van der Waals surface area (Å²) in [5.41, 5.74) is 3.78. The molecule has 4 heteroatoms. The molecule has 0 aliphatic rings. The second kappa shape index (κ2) is 6.33. The van der Waals surface area contributed by atoms with Gasteiger partial charge in [-0.05, 0) is 65.7 Å². The minimum atomic E-state index is 0.941. The predicted molar refractivity (Wildman–Crippen MR) is 83.0 cm³/mol. The fraction of sp³-hybridized carbons (Fsp3) is 0.357. The second-order valence-corrected chi connectivity index (χ2v) is 5.64. The first-order chi connectivity index (χ1) is 8.70. The summed E-state index contributed by atoms with van der Waals surface area (Å²) in [4.78, 5) is 0. The van der Waals surface area contributed by atoms with E-state index in [9.17, 15) is 0 Å². The molecule has 0 saturated carbocycles. The molecule has 0 aliphatic carbocycles. The zero-order valence-corrected chi connectivity index (χ0v) is 12.9. The summed E-state index contributed by atoms with van der Waals surface area (Å²) in [6.45, 7) is 6.35. The molecule has 0 atom stereocenters. The Morgan fingerprint density at radius 2 is 2.22 bits per heavy atom. The Morgan fingerprint density at radius 1 is 1.39 bits per heavy atom. The lowest BCUT2D eigenvalue weighted by Crippen LogP contribution is -2.14. The van der Waals surface area contributed by atoms with Gasteiger partial charge in [-0.15, -0.1) is 0 Å². The normalized spacial score (nSPS) is 10.8. The third-order valence-corrected chi connectivity index (χ3v) is 3.44. The molecule has 0 saturated heterocycles. The maximum atomic E-state index is 4.33. The minimum absolute atomic E-state index is 0.941. The van der Waals surface area contributed by atoms with Crippen LogP contribution < -0.4 is 5.32 Å². The summed E-state index contributed by atoms with van der Waals surface area (Å²) in [6.07, 6.45) is 5.07. The number of hydrogen-bond donors (Lipinski definition) is 1. The van der Waals surface area contributed by atoms with Gasteiger partial charge >= 0.3 is 0 Å². The number of aryl methyl sites for hydroxylation is 1. The van der Waals surface area contributed by atoms with E-state index in [1.54, 1.807) is 0 Å². The number of nitrogens with zero attached hydrogens (tertiary/aromatic N) is 2. The lowest BCUT2D eigenvalue weighted by molar-refractivity contribution is 0.673. The lowest BCUT2D eigenvalue weighted by Gasteiger charge is -2.09.